The molecule has 1 aromatic rings. The molecule has 11 heteroatoms. The number of nitrogens with zero attached hydrogens (tertiary/aromatic N) is 3. The van der Waals surface area contributed by atoms with Gasteiger partial charge in [-0.3, -0.25) is 10.1 Å². The zero-order valence-corrected chi connectivity index (χ0v) is 19.8. The number of amides is 2. The number of anilines is 1. The second-order valence-corrected chi connectivity index (χ2v) is 12.0. The number of aromatic nitrogens is 1. The number of aliphatic carboxylic acids is 1. The third-order valence-corrected chi connectivity index (χ3v) is 9.46. The van der Waals surface area contributed by atoms with Gasteiger partial charge in [0.05, 0.1) is 6.20 Å². The Bertz CT molecular complexity index is 874. The SMILES string of the molecule is CC1CCC(N(C(=O)Nc2ncc(S(=O)(=O)N(C)CC(=O)O)s2)C2CCCCC2)CC1. The standard InChI is InChI=1S/C20H32N4O5S2/c1-14-8-10-16(11-9-14)24(15-6-4-3-5-7-15)20(27)22-19-21-12-18(30-19)31(28,29)23(2)13-17(25)26/h12,14-16H,3-11,13H2,1-2H3,(H,25,26)(H,21,22,27). The summed E-state index contributed by atoms with van der Waals surface area (Å²) < 4.78 is 25.7. The predicted molar refractivity (Wildman–Crippen MR) is 119 cm³/mol. The number of hydrogen-bond donors (Lipinski definition) is 2. The van der Waals surface area contributed by atoms with Gasteiger partial charge in [0.15, 0.2) is 9.34 Å². The van der Waals surface area contributed by atoms with Crippen LogP contribution in [0.4, 0.5) is 9.93 Å². The summed E-state index contributed by atoms with van der Waals surface area (Å²) in [6.07, 6.45) is 10.8. The molecule has 0 saturated heterocycles. The molecule has 2 amide bonds. The molecule has 0 aromatic carbocycles. The van der Waals surface area contributed by atoms with E-state index in [2.05, 4.69) is 17.2 Å². The number of rotatable bonds is 7. The zero-order valence-electron chi connectivity index (χ0n) is 18.1. The molecule has 0 radical (unpaired) electrons. The number of nitrogens with one attached hydrogen (secondary N) is 1. The summed E-state index contributed by atoms with van der Waals surface area (Å²) in [6, 6.07) is 0.185. The Balaban J connectivity index is 1.73. The molecular weight excluding hydrogens is 440 g/mol. The number of hydrogen-bond acceptors (Lipinski definition) is 6. The van der Waals surface area contributed by atoms with Gasteiger partial charge >= 0.3 is 12.0 Å². The molecule has 0 aliphatic heterocycles. The third-order valence-electron chi connectivity index (χ3n) is 6.30. The predicted octanol–water partition coefficient (Wildman–Crippen LogP) is 3.59. The number of thiazole rings is 1. The first-order valence-electron chi connectivity index (χ1n) is 10.9. The van der Waals surface area contributed by atoms with E-state index in [1.165, 1.54) is 19.7 Å². The highest BCUT2D eigenvalue weighted by molar-refractivity contribution is 7.91. The molecule has 0 unspecified atom stereocenters. The maximum Gasteiger partial charge on any atom is 0.324 e. The number of carbonyl (C=O) groups excluding carboxylic acids is 1. The lowest BCUT2D eigenvalue weighted by molar-refractivity contribution is -0.137. The first kappa shape index (κ1) is 23.9. The van der Waals surface area contributed by atoms with E-state index in [1.807, 2.05) is 4.90 Å². The van der Waals surface area contributed by atoms with Crippen molar-refractivity contribution in [1.29, 1.82) is 0 Å². The van der Waals surface area contributed by atoms with E-state index in [9.17, 15) is 18.0 Å². The summed E-state index contributed by atoms with van der Waals surface area (Å²) in [5.74, 6) is -0.559. The number of carboxylic acid groups (broad SMARTS) is 1. The molecule has 31 heavy (non-hydrogen) atoms. The monoisotopic (exact) mass is 472 g/mol. The lowest BCUT2D eigenvalue weighted by Crippen LogP contribution is -2.51. The molecule has 2 N–H and O–H groups in total. The minimum Gasteiger partial charge on any atom is -0.480 e. The molecule has 2 fully saturated rings. The van der Waals surface area contributed by atoms with Crippen LogP contribution in [0.1, 0.15) is 64.7 Å². The molecule has 2 aliphatic carbocycles. The van der Waals surface area contributed by atoms with Gasteiger partial charge in [0.25, 0.3) is 10.0 Å². The van der Waals surface area contributed by atoms with Crippen molar-refractivity contribution in [3.05, 3.63) is 6.20 Å². The molecule has 1 heterocycles. The summed E-state index contributed by atoms with van der Waals surface area (Å²) in [5, 5.41) is 11.9. The highest BCUT2D eigenvalue weighted by atomic mass is 32.2. The minimum absolute atomic E-state index is 0.0951. The average Bonchev–Trinajstić information content (AvgIpc) is 3.19. The highest BCUT2D eigenvalue weighted by Crippen LogP contribution is 2.33. The van der Waals surface area contributed by atoms with Crippen LogP contribution in [0.2, 0.25) is 0 Å². The second kappa shape index (κ2) is 10.3. The minimum atomic E-state index is -3.97. The van der Waals surface area contributed by atoms with Crippen molar-refractivity contribution in [3.8, 4) is 0 Å². The Kier molecular flexibility index (Phi) is 7.92. The molecule has 0 bridgehead atoms. The van der Waals surface area contributed by atoms with Gasteiger partial charge in [0, 0.05) is 19.1 Å². The largest absolute Gasteiger partial charge is 0.480 e. The molecule has 0 spiro atoms. The molecule has 1 aromatic heterocycles. The molecule has 9 nitrogen and oxygen atoms in total. The number of carboxylic acids is 1. The van der Waals surface area contributed by atoms with Gasteiger partial charge in [-0.05, 0) is 44.4 Å². The summed E-state index contributed by atoms with van der Waals surface area (Å²) >= 11 is 0.842. The van der Waals surface area contributed by atoms with E-state index < -0.39 is 22.5 Å². The topological polar surface area (TPSA) is 120 Å². The highest BCUT2D eigenvalue weighted by Gasteiger charge is 2.34. The molecule has 2 aliphatic rings. The van der Waals surface area contributed by atoms with Gasteiger partial charge in [-0.15, -0.1) is 0 Å². The number of urea groups is 1. The first-order valence-corrected chi connectivity index (χ1v) is 13.2. The van der Waals surface area contributed by atoms with Gasteiger partial charge in [-0.2, -0.15) is 4.31 Å². The molecule has 0 atom stereocenters. The van der Waals surface area contributed by atoms with Gasteiger partial charge in [0.2, 0.25) is 0 Å². The molecule has 3 rings (SSSR count). The normalized spacial score (nSPS) is 22.9. The fraction of sp³-hybridized carbons (Fsp3) is 0.750. The summed E-state index contributed by atoms with van der Waals surface area (Å²) in [7, 11) is -2.77. The Morgan fingerprint density at radius 2 is 1.74 bits per heavy atom. The van der Waals surface area contributed by atoms with Crippen LogP contribution >= 0.6 is 11.3 Å². The van der Waals surface area contributed by atoms with Crippen molar-refractivity contribution < 1.29 is 23.1 Å². The number of carbonyl (C=O) groups is 2. The van der Waals surface area contributed by atoms with E-state index in [4.69, 9.17) is 5.11 Å². The van der Waals surface area contributed by atoms with Gasteiger partial charge in [-0.1, -0.05) is 37.5 Å². The van der Waals surface area contributed by atoms with E-state index in [0.717, 1.165) is 67.0 Å². The molecule has 174 valence electrons. The van der Waals surface area contributed by atoms with Crippen molar-refractivity contribution in [2.24, 2.45) is 5.92 Å². The van der Waals surface area contributed by atoms with Gasteiger partial charge < -0.3 is 10.0 Å². The number of likely N-dealkylation sites (N-methyl/N-ethyl adjacent to an activating group) is 1. The summed E-state index contributed by atoms with van der Waals surface area (Å²) in [4.78, 5) is 30.2. The van der Waals surface area contributed by atoms with Crippen molar-refractivity contribution in [1.82, 2.24) is 14.2 Å². The Morgan fingerprint density at radius 3 is 2.35 bits per heavy atom. The van der Waals surface area contributed by atoms with Crippen LogP contribution in [0, 0.1) is 5.92 Å². The van der Waals surface area contributed by atoms with E-state index in [1.54, 1.807) is 0 Å². The van der Waals surface area contributed by atoms with Crippen LogP contribution in [-0.2, 0) is 14.8 Å². The first-order chi connectivity index (χ1) is 14.7. The maximum absolute atomic E-state index is 13.3. The molecular formula is C20H32N4O5S2. The quantitative estimate of drug-likeness (QED) is 0.626. The van der Waals surface area contributed by atoms with Gasteiger partial charge in [0.1, 0.15) is 6.54 Å². The lowest BCUT2D eigenvalue weighted by Gasteiger charge is -2.42. The summed E-state index contributed by atoms with van der Waals surface area (Å²) in [6.45, 7) is 1.61. The smallest absolute Gasteiger partial charge is 0.324 e. The third kappa shape index (κ3) is 5.95. The van der Waals surface area contributed by atoms with Crippen molar-refractivity contribution in [2.75, 3.05) is 18.9 Å². The van der Waals surface area contributed by atoms with Crippen LogP contribution in [0.15, 0.2) is 10.4 Å². The van der Waals surface area contributed by atoms with Crippen molar-refractivity contribution >= 4 is 38.5 Å². The van der Waals surface area contributed by atoms with Crippen LogP contribution in [-0.4, -0.2) is 65.4 Å². The van der Waals surface area contributed by atoms with Crippen LogP contribution in [0.5, 0.6) is 0 Å². The zero-order chi connectivity index (χ0) is 22.6. The van der Waals surface area contributed by atoms with Crippen LogP contribution in [0.3, 0.4) is 0 Å². The lowest BCUT2D eigenvalue weighted by atomic mass is 9.84. The van der Waals surface area contributed by atoms with Crippen molar-refractivity contribution in [3.63, 3.8) is 0 Å². The Morgan fingerprint density at radius 1 is 1.13 bits per heavy atom. The molecule has 2 saturated carbocycles. The van der Waals surface area contributed by atoms with E-state index in [-0.39, 0.29) is 27.5 Å². The van der Waals surface area contributed by atoms with E-state index >= 15 is 0 Å². The summed E-state index contributed by atoms with van der Waals surface area (Å²) in [5.41, 5.74) is 0. The Hall–Kier alpha value is -1.72. The van der Waals surface area contributed by atoms with E-state index in [0.29, 0.717) is 5.92 Å². The maximum atomic E-state index is 13.3. The van der Waals surface area contributed by atoms with Crippen LogP contribution < -0.4 is 5.32 Å². The Labute approximate surface area is 187 Å². The van der Waals surface area contributed by atoms with Gasteiger partial charge in [-0.25, -0.2) is 18.2 Å². The van der Waals surface area contributed by atoms with Crippen LogP contribution in [0.25, 0.3) is 0 Å². The fourth-order valence-electron chi connectivity index (χ4n) is 4.53. The second-order valence-electron chi connectivity index (χ2n) is 8.68. The fourth-order valence-corrected chi connectivity index (χ4v) is 6.88. The number of sulfonamides is 1. The van der Waals surface area contributed by atoms with Crippen molar-refractivity contribution in [2.45, 2.75) is 81.0 Å². The average molecular weight is 473 g/mol.